The highest BCUT2D eigenvalue weighted by Crippen LogP contribution is 2.21. The van der Waals surface area contributed by atoms with E-state index in [1.165, 1.54) is 23.8 Å². The first-order valence-electron chi connectivity index (χ1n) is 5.24. The molecule has 8 heteroatoms. The molecule has 0 aromatic carbocycles. The van der Waals surface area contributed by atoms with Gasteiger partial charge >= 0.3 is 6.18 Å². The van der Waals surface area contributed by atoms with Crippen LogP contribution in [0.2, 0.25) is 0 Å². The van der Waals surface area contributed by atoms with E-state index in [1.807, 2.05) is 0 Å². The molecular formula is C10H14F3N3OS. The Labute approximate surface area is 107 Å². The maximum atomic E-state index is 12.0. The van der Waals surface area contributed by atoms with Crippen LogP contribution in [0.4, 0.5) is 13.2 Å². The summed E-state index contributed by atoms with van der Waals surface area (Å²) in [6, 6.07) is -0.294. The molecule has 0 bridgehead atoms. The molecule has 4 nitrogen and oxygen atoms in total. The van der Waals surface area contributed by atoms with E-state index in [1.54, 1.807) is 6.92 Å². The molecule has 0 aliphatic carbocycles. The molecule has 1 amide bonds. The van der Waals surface area contributed by atoms with Crippen LogP contribution in [-0.4, -0.2) is 35.6 Å². The molecule has 1 heterocycles. The molecule has 0 aliphatic heterocycles. The van der Waals surface area contributed by atoms with Crippen molar-refractivity contribution >= 4 is 17.2 Å². The van der Waals surface area contributed by atoms with Crippen LogP contribution >= 0.6 is 11.3 Å². The van der Waals surface area contributed by atoms with Crippen LogP contribution in [-0.2, 0) is 0 Å². The zero-order chi connectivity index (χ0) is 13.9. The summed E-state index contributed by atoms with van der Waals surface area (Å²) in [6.45, 7) is 1.34. The Kier molecular flexibility index (Phi) is 4.69. The fourth-order valence-electron chi connectivity index (χ4n) is 1.19. The van der Waals surface area contributed by atoms with Crippen molar-refractivity contribution in [3.05, 3.63) is 16.1 Å². The number of aromatic nitrogens is 1. The highest BCUT2D eigenvalue weighted by atomic mass is 32.1. The average Bonchev–Trinajstić information content (AvgIpc) is 2.73. The summed E-state index contributed by atoms with van der Waals surface area (Å²) in [5.41, 5.74) is 5.73. The van der Waals surface area contributed by atoms with Crippen LogP contribution in [0.1, 0.15) is 34.9 Å². The fourth-order valence-corrected chi connectivity index (χ4v) is 1.94. The van der Waals surface area contributed by atoms with Crippen LogP contribution in [0, 0.1) is 0 Å². The Morgan fingerprint density at radius 2 is 2.22 bits per heavy atom. The molecule has 1 aromatic rings. The Hall–Kier alpha value is -1.15. The summed E-state index contributed by atoms with van der Waals surface area (Å²) >= 11 is 1.22. The smallest absolute Gasteiger partial charge is 0.340 e. The van der Waals surface area contributed by atoms with E-state index >= 15 is 0 Å². The van der Waals surface area contributed by atoms with Crippen molar-refractivity contribution in [1.29, 1.82) is 0 Å². The molecule has 0 aliphatic rings. The molecule has 1 atom stereocenters. The number of nitrogens with zero attached hydrogens (tertiary/aromatic N) is 2. The minimum Gasteiger partial charge on any atom is -0.340 e. The number of carbonyl (C=O) groups is 1. The van der Waals surface area contributed by atoms with Gasteiger partial charge in [0.05, 0.1) is 12.5 Å². The van der Waals surface area contributed by atoms with Gasteiger partial charge in [0.15, 0.2) is 0 Å². The maximum Gasteiger partial charge on any atom is 0.390 e. The van der Waals surface area contributed by atoms with Crippen molar-refractivity contribution in [2.24, 2.45) is 5.73 Å². The minimum absolute atomic E-state index is 0.136. The van der Waals surface area contributed by atoms with E-state index < -0.39 is 18.5 Å². The van der Waals surface area contributed by atoms with Gasteiger partial charge in [0.1, 0.15) is 10.7 Å². The standard InChI is InChI=1S/C10H14F3N3OS/c1-6(14)8-15-7(5-18-8)9(17)16(2)4-3-10(11,12)13/h5-6H,3-4,14H2,1-2H3. The number of hydrogen-bond acceptors (Lipinski definition) is 4. The number of halogens is 3. The number of nitrogens with two attached hydrogens (primary N) is 1. The molecule has 18 heavy (non-hydrogen) atoms. The van der Waals surface area contributed by atoms with Crippen molar-refractivity contribution in [2.45, 2.75) is 25.6 Å². The third kappa shape index (κ3) is 4.26. The predicted molar refractivity (Wildman–Crippen MR) is 62.3 cm³/mol. The molecular weight excluding hydrogens is 267 g/mol. The molecule has 1 rings (SSSR count). The summed E-state index contributed by atoms with van der Waals surface area (Å²) in [7, 11) is 1.32. The average molecular weight is 281 g/mol. The molecule has 1 aromatic heterocycles. The van der Waals surface area contributed by atoms with Crippen molar-refractivity contribution in [3.8, 4) is 0 Å². The second kappa shape index (κ2) is 5.66. The van der Waals surface area contributed by atoms with Crippen molar-refractivity contribution < 1.29 is 18.0 Å². The lowest BCUT2D eigenvalue weighted by atomic mass is 10.3. The highest BCUT2D eigenvalue weighted by molar-refractivity contribution is 7.09. The zero-order valence-electron chi connectivity index (χ0n) is 9.99. The summed E-state index contributed by atoms with van der Waals surface area (Å²) in [4.78, 5) is 16.8. The predicted octanol–water partition coefficient (Wildman–Crippen LogP) is 2.19. The lowest BCUT2D eigenvalue weighted by Gasteiger charge is -2.16. The Bertz CT molecular complexity index is 417. The molecule has 0 saturated carbocycles. The normalized spacial score (nSPS) is 13.4. The van der Waals surface area contributed by atoms with Gasteiger partial charge in [-0.05, 0) is 6.92 Å². The van der Waals surface area contributed by atoms with Gasteiger partial charge in [-0.25, -0.2) is 4.98 Å². The van der Waals surface area contributed by atoms with Crippen molar-refractivity contribution in [1.82, 2.24) is 9.88 Å². The second-order valence-corrected chi connectivity index (χ2v) is 4.84. The second-order valence-electron chi connectivity index (χ2n) is 3.95. The molecule has 0 spiro atoms. The monoisotopic (exact) mass is 281 g/mol. The lowest BCUT2D eigenvalue weighted by Crippen LogP contribution is -2.30. The molecule has 1 unspecified atom stereocenters. The van der Waals surface area contributed by atoms with E-state index in [-0.39, 0.29) is 18.3 Å². The number of carbonyl (C=O) groups excluding carboxylic acids is 1. The minimum atomic E-state index is -4.27. The quantitative estimate of drug-likeness (QED) is 0.920. The summed E-state index contributed by atoms with van der Waals surface area (Å²) in [5, 5.41) is 2.09. The summed E-state index contributed by atoms with van der Waals surface area (Å²) in [5.74, 6) is -0.526. The van der Waals surface area contributed by atoms with Crippen molar-refractivity contribution in [3.63, 3.8) is 0 Å². The molecule has 2 N–H and O–H groups in total. The van der Waals surface area contributed by atoms with Gasteiger partial charge < -0.3 is 10.6 Å². The van der Waals surface area contributed by atoms with Crippen LogP contribution < -0.4 is 5.73 Å². The van der Waals surface area contributed by atoms with E-state index in [2.05, 4.69) is 4.98 Å². The maximum absolute atomic E-state index is 12.0. The zero-order valence-corrected chi connectivity index (χ0v) is 10.8. The fraction of sp³-hybridized carbons (Fsp3) is 0.600. The van der Waals surface area contributed by atoms with E-state index in [0.717, 1.165) is 4.90 Å². The van der Waals surface area contributed by atoms with E-state index in [0.29, 0.717) is 5.01 Å². The van der Waals surface area contributed by atoms with Crippen LogP contribution in [0.25, 0.3) is 0 Å². The third-order valence-electron chi connectivity index (χ3n) is 2.21. The van der Waals surface area contributed by atoms with Gasteiger partial charge in [0.25, 0.3) is 5.91 Å². The number of alkyl halides is 3. The van der Waals surface area contributed by atoms with Crippen molar-refractivity contribution in [2.75, 3.05) is 13.6 Å². The summed E-state index contributed by atoms with van der Waals surface area (Å²) in [6.07, 6.45) is -5.30. The topological polar surface area (TPSA) is 59.2 Å². The summed E-state index contributed by atoms with van der Waals surface area (Å²) < 4.78 is 36.1. The SMILES string of the molecule is CC(N)c1nc(C(=O)N(C)CCC(F)(F)F)cs1. The Morgan fingerprint density at radius 3 is 2.67 bits per heavy atom. The number of hydrogen-bond donors (Lipinski definition) is 1. The van der Waals surface area contributed by atoms with Crippen LogP contribution in [0.15, 0.2) is 5.38 Å². The molecule has 102 valence electrons. The van der Waals surface area contributed by atoms with Gasteiger partial charge in [0, 0.05) is 19.0 Å². The first-order chi connectivity index (χ1) is 8.20. The first kappa shape index (κ1) is 14.9. The van der Waals surface area contributed by atoms with Crippen LogP contribution in [0.5, 0.6) is 0 Å². The Balaban J connectivity index is 2.63. The van der Waals surface area contributed by atoms with E-state index in [9.17, 15) is 18.0 Å². The van der Waals surface area contributed by atoms with Gasteiger partial charge in [-0.15, -0.1) is 11.3 Å². The first-order valence-corrected chi connectivity index (χ1v) is 6.12. The number of rotatable bonds is 4. The molecule has 0 radical (unpaired) electrons. The van der Waals surface area contributed by atoms with Gasteiger partial charge in [-0.1, -0.05) is 0 Å². The van der Waals surface area contributed by atoms with Crippen LogP contribution in [0.3, 0.4) is 0 Å². The van der Waals surface area contributed by atoms with E-state index in [4.69, 9.17) is 5.73 Å². The number of amides is 1. The van der Waals surface area contributed by atoms with Gasteiger partial charge in [0.2, 0.25) is 0 Å². The highest BCUT2D eigenvalue weighted by Gasteiger charge is 2.28. The van der Waals surface area contributed by atoms with Gasteiger partial charge in [-0.2, -0.15) is 13.2 Å². The third-order valence-corrected chi connectivity index (χ3v) is 3.25. The molecule has 0 saturated heterocycles. The largest absolute Gasteiger partial charge is 0.390 e. The van der Waals surface area contributed by atoms with Gasteiger partial charge in [-0.3, -0.25) is 4.79 Å². The molecule has 0 fully saturated rings. The lowest BCUT2D eigenvalue weighted by molar-refractivity contribution is -0.136. The number of thiazole rings is 1. The Morgan fingerprint density at radius 1 is 1.61 bits per heavy atom.